The van der Waals surface area contributed by atoms with Crippen molar-refractivity contribution in [1.82, 2.24) is 19.6 Å². The maximum atomic E-state index is 10.6. The van der Waals surface area contributed by atoms with Gasteiger partial charge in [0.1, 0.15) is 18.3 Å². The fraction of sp³-hybridized carbons (Fsp3) is 0.250. The lowest BCUT2D eigenvalue weighted by Gasteiger charge is -2.20. The Balaban J connectivity index is 1.95. The van der Waals surface area contributed by atoms with Crippen molar-refractivity contribution in [1.29, 1.82) is 0 Å². The smallest absolute Gasteiger partial charge is 0.183 e. The molecule has 4 aromatic rings. The van der Waals surface area contributed by atoms with Gasteiger partial charge in [-0.2, -0.15) is 0 Å². The number of hydrogen-bond donors (Lipinski definition) is 4. The van der Waals surface area contributed by atoms with Crippen molar-refractivity contribution in [3.8, 4) is 0 Å². The summed E-state index contributed by atoms with van der Waals surface area (Å²) in [6.07, 6.45) is -4.41. The van der Waals surface area contributed by atoms with E-state index in [0.29, 0.717) is 33.8 Å². The third-order valence-corrected chi connectivity index (χ3v) is 5.57. The molecule has 0 unspecified atom stereocenters. The van der Waals surface area contributed by atoms with Crippen LogP contribution in [0.25, 0.3) is 16.7 Å². The molecule has 0 bridgehead atoms. The van der Waals surface area contributed by atoms with E-state index in [1.807, 2.05) is 30.3 Å². The normalized spacial score (nSPS) is 14.9. The first kappa shape index (κ1) is 20.9. The molecule has 0 aliphatic rings. The lowest BCUT2D eigenvalue weighted by atomic mass is 10.1. The van der Waals surface area contributed by atoms with Gasteiger partial charge in [-0.1, -0.05) is 53.5 Å². The average molecular weight is 449 g/mol. The Labute approximate surface area is 181 Å². The van der Waals surface area contributed by atoms with Gasteiger partial charge in [0.05, 0.1) is 33.4 Å². The molecular formula is C20H18Cl2N4O4. The van der Waals surface area contributed by atoms with Crippen molar-refractivity contribution >= 4 is 39.9 Å². The van der Waals surface area contributed by atoms with Gasteiger partial charge in [0.2, 0.25) is 0 Å². The zero-order chi connectivity index (χ0) is 21.4. The minimum absolute atomic E-state index is 0.0231. The number of aromatic nitrogens is 4. The average Bonchev–Trinajstić information content (AvgIpc) is 3.20. The second-order valence-corrected chi connectivity index (χ2v) is 7.69. The summed E-state index contributed by atoms with van der Waals surface area (Å²) in [6, 6.07) is 12.8. The number of hydrogen-bond acceptors (Lipinski definition) is 7. The van der Waals surface area contributed by atoms with E-state index in [2.05, 4.69) is 15.2 Å². The quantitative estimate of drug-likeness (QED) is 0.355. The summed E-state index contributed by atoms with van der Waals surface area (Å²) in [6.45, 7) is -0.724. The molecule has 30 heavy (non-hydrogen) atoms. The van der Waals surface area contributed by atoms with E-state index in [9.17, 15) is 15.3 Å². The van der Waals surface area contributed by atoms with Crippen molar-refractivity contribution in [2.75, 3.05) is 6.61 Å². The first-order chi connectivity index (χ1) is 14.4. The lowest BCUT2D eigenvalue weighted by molar-refractivity contribution is -0.0805. The van der Waals surface area contributed by atoms with E-state index in [0.717, 1.165) is 5.56 Å². The third kappa shape index (κ3) is 3.74. The molecular weight excluding hydrogens is 431 g/mol. The first-order valence-electron chi connectivity index (χ1n) is 9.12. The van der Waals surface area contributed by atoms with E-state index >= 15 is 0 Å². The van der Waals surface area contributed by atoms with Gasteiger partial charge in [-0.25, -0.2) is 4.98 Å². The maximum Gasteiger partial charge on any atom is 0.183 e. The minimum atomic E-state index is -1.68. The van der Waals surface area contributed by atoms with Gasteiger partial charge in [-0.15, -0.1) is 10.2 Å². The SMILES string of the molecule is OC[C@@H](O)[C@@H](O)[C@H](O)c1nnc2c(Cc3ccccc3)nc3cc(Cl)c(Cl)cc3n12. The van der Waals surface area contributed by atoms with Crippen LogP contribution in [-0.2, 0) is 6.42 Å². The molecule has 0 amide bonds. The molecule has 2 aromatic carbocycles. The van der Waals surface area contributed by atoms with Gasteiger partial charge in [0.25, 0.3) is 0 Å². The van der Waals surface area contributed by atoms with Crippen LogP contribution in [0.15, 0.2) is 42.5 Å². The fourth-order valence-electron chi connectivity index (χ4n) is 3.28. The summed E-state index contributed by atoms with van der Waals surface area (Å²) in [7, 11) is 0. The molecule has 10 heteroatoms. The van der Waals surface area contributed by atoms with E-state index in [1.165, 1.54) is 4.40 Å². The van der Waals surface area contributed by atoms with Crippen molar-refractivity contribution in [2.24, 2.45) is 0 Å². The van der Waals surface area contributed by atoms with Gasteiger partial charge < -0.3 is 20.4 Å². The number of rotatable bonds is 6. The molecule has 8 nitrogen and oxygen atoms in total. The van der Waals surface area contributed by atoms with Crippen molar-refractivity contribution in [2.45, 2.75) is 24.7 Å². The number of halogens is 2. The highest BCUT2D eigenvalue weighted by Crippen LogP contribution is 2.31. The highest BCUT2D eigenvalue weighted by Gasteiger charge is 2.30. The number of nitrogens with zero attached hydrogens (tertiary/aromatic N) is 4. The largest absolute Gasteiger partial charge is 0.394 e. The summed E-state index contributed by atoms with van der Waals surface area (Å²) in [4.78, 5) is 4.67. The van der Waals surface area contributed by atoms with E-state index in [1.54, 1.807) is 12.1 Å². The van der Waals surface area contributed by atoms with Crippen LogP contribution in [0.4, 0.5) is 0 Å². The van der Waals surface area contributed by atoms with Gasteiger partial charge in [0, 0.05) is 6.42 Å². The summed E-state index contributed by atoms with van der Waals surface area (Å²) >= 11 is 12.4. The van der Waals surface area contributed by atoms with E-state index in [4.69, 9.17) is 28.3 Å². The van der Waals surface area contributed by atoms with E-state index in [-0.39, 0.29) is 10.8 Å². The Morgan fingerprint density at radius 3 is 2.37 bits per heavy atom. The van der Waals surface area contributed by atoms with E-state index < -0.39 is 24.9 Å². The van der Waals surface area contributed by atoms with Crippen LogP contribution in [0.3, 0.4) is 0 Å². The molecule has 3 atom stereocenters. The molecule has 4 rings (SSSR count). The third-order valence-electron chi connectivity index (χ3n) is 4.84. The number of fused-ring (bicyclic) bond motifs is 3. The van der Waals surface area contributed by atoms with Crippen LogP contribution < -0.4 is 0 Å². The summed E-state index contributed by atoms with van der Waals surface area (Å²) in [5.74, 6) is -0.0231. The van der Waals surface area contributed by atoms with Crippen molar-refractivity contribution < 1.29 is 20.4 Å². The van der Waals surface area contributed by atoms with Crippen LogP contribution in [0.2, 0.25) is 10.0 Å². The molecule has 2 aromatic heterocycles. The predicted octanol–water partition coefficient (Wildman–Crippen LogP) is 1.92. The second-order valence-electron chi connectivity index (χ2n) is 6.88. The number of aliphatic hydroxyl groups excluding tert-OH is 4. The number of aliphatic hydroxyl groups is 4. The highest BCUT2D eigenvalue weighted by molar-refractivity contribution is 6.42. The summed E-state index contributed by atoms with van der Waals surface area (Å²) < 4.78 is 1.53. The molecule has 0 saturated heterocycles. The standard InChI is InChI=1S/C20H18Cl2N4O4/c21-11-7-13-15(8-12(11)22)26-19(14(23-13)6-10-4-2-1-3-5-10)24-25-20(26)18(30)17(29)16(28)9-27/h1-5,7-8,16-18,27-30H,6,9H2/t16-,17-,18+/m1/s1. The molecule has 2 heterocycles. The van der Waals surface area contributed by atoms with Crippen LogP contribution >= 0.6 is 23.2 Å². The molecule has 4 N–H and O–H groups in total. The van der Waals surface area contributed by atoms with Gasteiger partial charge >= 0.3 is 0 Å². The van der Waals surface area contributed by atoms with Crippen molar-refractivity contribution in [3.63, 3.8) is 0 Å². The Bertz CT molecular complexity index is 1200. The highest BCUT2D eigenvalue weighted by atomic mass is 35.5. The predicted molar refractivity (Wildman–Crippen MR) is 112 cm³/mol. The lowest BCUT2D eigenvalue weighted by Crippen LogP contribution is -2.35. The number of benzene rings is 2. The molecule has 0 saturated carbocycles. The fourth-order valence-corrected chi connectivity index (χ4v) is 3.60. The van der Waals surface area contributed by atoms with Crippen molar-refractivity contribution in [3.05, 3.63) is 69.6 Å². The maximum absolute atomic E-state index is 10.6. The van der Waals surface area contributed by atoms with Gasteiger partial charge in [-0.3, -0.25) is 4.40 Å². The topological polar surface area (TPSA) is 124 Å². The van der Waals surface area contributed by atoms with Gasteiger partial charge in [0.15, 0.2) is 11.5 Å². The monoisotopic (exact) mass is 448 g/mol. The molecule has 0 radical (unpaired) electrons. The molecule has 0 fully saturated rings. The molecule has 0 aliphatic carbocycles. The summed E-state index contributed by atoms with van der Waals surface area (Å²) in [5.41, 5.74) is 2.90. The minimum Gasteiger partial charge on any atom is -0.394 e. The molecule has 0 spiro atoms. The Hall–Kier alpha value is -2.33. The zero-order valence-corrected chi connectivity index (χ0v) is 17.0. The second kappa shape index (κ2) is 8.43. The first-order valence-corrected chi connectivity index (χ1v) is 9.88. The summed E-state index contributed by atoms with van der Waals surface area (Å²) in [5, 5.41) is 48.4. The molecule has 0 aliphatic heterocycles. The zero-order valence-electron chi connectivity index (χ0n) is 15.5. The molecule has 156 valence electrons. The Kier molecular flexibility index (Phi) is 5.88. The van der Waals surface area contributed by atoms with Crippen LogP contribution in [0, 0.1) is 0 Å². The Morgan fingerprint density at radius 2 is 1.67 bits per heavy atom. The van der Waals surface area contributed by atoms with Crippen LogP contribution in [0.1, 0.15) is 23.2 Å². The van der Waals surface area contributed by atoms with Crippen LogP contribution in [-0.4, -0.2) is 58.8 Å². The van der Waals surface area contributed by atoms with Gasteiger partial charge in [-0.05, 0) is 17.7 Å². The Morgan fingerprint density at radius 1 is 0.967 bits per heavy atom. The van der Waals surface area contributed by atoms with Crippen LogP contribution in [0.5, 0.6) is 0 Å².